The molecule has 0 amide bonds. The fraction of sp³-hybridized carbons (Fsp3) is 0.455. The number of rotatable bonds is 3. The molecule has 2 heterocycles. The zero-order valence-corrected chi connectivity index (χ0v) is 10.0. The Morgan fingerprint density at radius 2 is 2.24 bits per heavy atom. The van der Waals surface area contributed by atoms with Crippen molar-refractivity contribution in [3.05, 3.63) is 23.3 Å². The molecule has 0 radical (unpaired) electrons. The van der Waals surface area contributed by atoms with E-state index in [-0.39, 0.29) is 0 Å². The molecule has 0 spiro atoms. The van der Waals surface area contributed by atoms with Gasteiger partial charge in [-0.05, 0) is 25.8 Å². The second kappa shape index (κ2) is 4.12. The summed E-state index contributed by atoms with van der Waals surface area (Å²) in [4.78, 5) is 19.2. The lowest BCUT2D eigenvalue weighted by Gasteiger charge is -2.12. The van der Waals surface area contributed by atoms with Gasteiger partial charge in [0, 0.05) is 11.4 Å². The molecule has 1 atom stereocenters. The maximum absolute atomic E-state index is 10.9. The van der Waals surface area contributed by atoms with Crippen molar-refractivity contribution in [2.24, 2.45) is 5.92 Å². The highest BCUT2D eigenvalue weighted by Gasteiger charge is 2.17. The largest absolute Gasteiger partial charge is 0.481 e. The van der Waals surface area contributed by atoms with Crippen LogP contribution in [0.3, 0.4) is 0 Å². The fourth-order valence-electron chi connectivity index (χ4n) is 1.84. The van der Waals surface area contributed by atoms with Gasteiger partial charge in [-0.1, -0.05) is 6.92 Å². The monoisotopic (exact) mass is 234 g/mol. The van der Waals surface area contributed by atoms with Crippen LogP contribution in [0.2, 0.25) is 0 Å². The summed E-state index contributed by atoms with van der Waals surface area (Å²) in [5, 5.41) is 13.0. The molecule has 0 aliphatic carbocycles. The fourth-order valence-corrected chi connectivity index (χ4v) is 1.84. The summed E-state index contributed by atoms with van der Waals surface area (Å²) in [5.41, 5.74) is 2.65. The average Bonchev–Trinajstić information content (AvgIpc) is 2.71. The third-order valence-corrected chi connectivity index (χ3v) is 2.92. The topological polar surface area (TPSA) is 80.4 Å². The first-order chi connectivity index (χ1) is 8.00. The van der Waals surface area contributed by atoms with Crippen molar-refractivity contribution >= 4 is 11.7 Å². The molecule has 2 aromatic rings. The van der Waals surface area contributed by atoms with E-state index < -0.39 is 11.9 Å². The number of nitrogens with zero attached hydrogens (tertiary/aromatic N) is 4. The number of carbonyl (C=O) groups is 1. The minimum absolute atomic E-state index is 0.435. The molecule has 6 nitrogen and oxygen atoms in total. The first kappa shape index (κ1) is 11.5. The van der Waals surface area contributed by atoms with Crippen LogP contribution in [0.25, 0.3) is 5.78 Å². The number of carboxylic acids is 1. The molecule has 17 heavy (non-hydrogen) atoms. The Morgan fingerprint density at radius 3 is 2.88 bits per heavy atom. The highest BCUT2D eigenvalue weighted by Crippen LogP contribution is 2.17. The van der Waals surface area contributed by atoms with E-state index in [9.17, 15) is 4.79 Å². The van der Waals surface area contributed by atoms with Crippen LogP contribution >= 0.6 is 0 Å². The summed E-state index contributed by atoms with van der Waals surface area (Å²) >= 11 is 0. The SMILES string of the molecule is Cc1nc2ncnn2c(C)c1CC(C)C(=O)O. The molecule has 2 aromatic heterocycles. The van der Waals surface area contributed by atoms with Gasteiger partial charge in [-0.15, -0.1) is 0 Å². The molecule has 1 N–H and O–H groups in total. The van der Waals surface area contributed by atoms with Crippen LogP contribution in [0, 0.1) is 19.8 Å². The third-order valence-electron chi connectivity index (χ3n) is 2.92. The molecule has 0 saturated heterocycles. The van der Waals surface area contributed by atoms with Crippen LogP contribution in [0.15, 0.2) is 6.33 Å². The number of carboxylic acid groups (broad SMARTS) is 1. The molecule has 0 aliphatic heterocycles. The highest BCUT2D eigenvalue weighted by atomic mass is 16.4. The van der Waals surface area contributed by atoms with Crippen molar-refractivity contribution in [2.75, 3.05) is 0 Å². The lowest BCUT2D eigenvalue weighted by molar-refractivity contribution is -0.141. The number of aliphatic carboxylic acids is 1. The maximum Gasteiger partial charge on any atom is 0.306 e. The van der Waals surface area contributed by atoms with Gasteiger partial charge in [0.15, 0.2) is 0 Å². The van der Waals surface area contributed by atoms with Crippen LogP contribution in [-0.4, -0.2) is 30.7 Å². The molecule has 6 heteroatoms. The van der Waals surface area contributed by atoms with Gasteiger partial charge in [-0.3, -0.25) is 4.79 Å². The Morgan fingerprint density at radius 1 is 1.53 bits per heavy atom. The quantitative estimate of drug-likeness (QED) is 0.857. The van der Waals surface area contributed by atoms with Crippen LogP contribution < -0.4 is 0 Å². The van der Waals surface area contributed by atoms with E-state index in [0.717, 1.165) is 17.0 Å². The van der Waals surface area contributed by atoms with Crippen LogP contribution in [0.5, 0.6) is 0 Å². The van der Waals surface area contributed by atoms with Gasteiger partial charge in [-0.2, -0.15) is 10.1 Å². The lowest BCUT2D eigenvalue weighted by Crippen LogP contribution is -2.16. The minimum Gasteiger partial charge on any atom is -0.481 e. The molecule has 90 valence electrons. The van der Waals surface area contributed by atoms with Crippen molar-refractivity contribution in [1.82, 2.24) is 19.6 Å². The summed E-state index contributed by atoms with van der Waals surface area (Å²) in [6.45, 7) is 5.46. The summed E-state index contributed by atoms with van der Waals surface area (Å²) in [5.74, 6) is -0.690. The Bertz CT molecular complexity index is 576. The molecule has 0 aromatic carbocycles. The predicted octanol–water partition coefficient (Wildman–Crippen LogP) is 1.00. The minimum atomic E-state index is -0.803. The first-order valence-corrected chi connectivity index (χ1v) is 5.39. The van der Waals surface area contributed by atoms with Crippen LogP contribution in [-0.2, 0) is 11.2 Å². The molecule has 0 aliphatic rings. The van der Waals surface area contributed by atoms with Gasteiger partial charge < -0.3 is 5.11 Å². The highest BCUT2D eigenvalue weighted by molar-refractivity contribution is 5.70. The Kier molecular flexibility index (Phi) is 2.79. The second-order valence-corrected chi connectivity index (χ2v) is 4.18. The summed E-state index contributed by atoms with van der Waals surface area (Å²) < 4.78 is 1.64. The lowest BCUT2D eigenvalue weighted by atomic mass is 9.99. The van der Waals surface area contributed by atoms with Gasteiger partial charge in [0.25, 0.3) is 5.78 Å². The third kappa shape index (κ3) is 1.98. The molecule has 0 saturated carbocycles. The van der Waals surface area contributed by atoms with Gasteiger partial charge in [0.1, 0.15) is 6.33 Å². The number of aryl methyl sites for hydroxylation is 2. The van der Waals surface area contributed by atoms with E-state index in [1.54, 1.807) is 11.4 Å². The zero-order valence-electron chi connectivity index (χ0n) is 10.0. The molecule has 1 unspecified atom stereocenters. The second-order valence-electron chi connectivity index (χ2n) is 4.18. The van der Waals surface area contributed by atoms with Crippen molar-refractivity contribution in [3.8, 4) is 0 Å². The van der Waals surface area contributed by atoms with Gasteiger partial charge in [0.2, 0.25) is 0 Å². The van der Waals surface area contributed by atoms with E-state index in [1.807, 2.05) is 13.8 Å². The summed E-state index contributed by atoms with van der Waals surface area (Å²) in [6, 6.07) is 0. The van der Waals surface area contributed by atoms with E-state index in [1.165, 1.54) is 6.33 Å². The normalized spacial score (nSPS) is 12.9. The van der Waals surface area contributed by atoms with Crippen LogP contribution in [0.1, 0.15) is 23.9 Å². The number of hydrogen-bond donors (Lipinski definition) is 1. The standard InChI is InChI=1S/C11H14N4O2/c1-6(10(16)17)4-9-7(2)14-11-12-5-13-15(11)8(9)3/h5-6H,4H2,1-3H3,(H,16,17). The van der Waals surface area contributed by atoms with Crippen LogP contribution in [0.4, 0.5) is 0 Å². The van der Waals surface area contributed by atoms with Gasteiger partial charge >= 0.3 is 5.97 Å². The van der Waals surface area contributed by atoms with Gasteiger partial charge in [0.05, 0.1) is 5.92 Å². The summed E-state index contributed by atoms with van der Waals surface area (Å²) in [7, 11) is 0. The van der Waals surface area contributed by atoms with E-state index in [4.69, 9.17) is 5.11 Å². The molecular formula is C11H14N4O2. The molecule has 0 bridgehead atoms. The smallest absolute Gasteiger partial charge is 0.306 e. The van der Waals surface area contributed by atoms with Crippen molar-refractivity contribution in [1.29, 1.82) is 0 Å². The van der Waals surface area contributed by atoms with Crippen molar-refractivity contribution in [2.45, 2.75) is 27.2 Å². The van der Waals surface area contributed by atoms with E-state index >= 15 is 0 Å². The number of fused-ring (bicyclic) bond motifs is 1. The predicted molar refractivity (Wildman–Crippen MR) is 60.8 cm³/mol. The molecule has 2 rings (SSSR count). The zero-order chi connectivity index (χ0) is 12.6. The molecular weight excluding hydrogens is 220 g/mol. The number of hydrogen-bond acceptors (Lipinski definition) is 4. The van der Waals surface area contributed by atoms with E-state index in [2.05, 4.69) is 15.1 Å². The maximum atomic E-state index is 10.9. The van der Waals surface area contributed by atoms with Gasteiger partial charge in [-0.25, -0.2) is 9.50 Å². The van der Waals surface area contributed by atoms with Crippen molar-refractivity contribution in [3.63, 3.8) is 0 Å². The van der Waals surface area contributed by atoms with Crippen molar-refractivity contribution < 1.29 is 9.90 Å². The Balaban J connectivity index is 2.49. The Labute approximate surface area is 98.3 Å². The summed E-state index contributed by atoms with van der Waals surface area (Å²) in [6.07, 6.45) is 1.90. The Hall–Kier alpha value is -1.98. The average molecular weight is 234 g/mol. The first-order valence-electron chi connectivity index (χ1n) is 5.39. The molecule has 0 fully saturated rings. The van der Waals surface area contributed by atoms with E-state index in [0.29, 0.717) is 12.2 Å². The number of aromatic nitrogens is 4.